The molecule has 0 radical (unpaired) electrons. The molecule has 1 fully saturated rings. The van der Waals surface area contributed by atoms with Crippen LogP contribution in [0.4, 0.5) is 0 Å². The van der Waals surface area contributed by atoms with Crippen LogP contribution in [0.15, 0.2) is 35.4 Å². The summed E-state index contributed by atoms with van der Waals surface area (Å²) in [7, 11) is 0. The number of aromatic nitrogens is 5. The van der Waals surface area contributed by atoms with Gasteiger partial charge in [0.15, 0.2) is 5.82 Å². The number of ether oxygens (including phenoxy) is 1. The van der Waals surface area contributed by atoms with Gasteiger partial charge in [-0.25, -0.2) is 9.97 Å². The quantitative estimate of drug-likeness (QED) is 0.704. The van der Waals surface area contributed by atoms with E-state index in [2.05, 4.69) is 20.1 Å². The molecule has 128 valence electrons. The Hall–Kier alpha value is -3.07. The molecule has 0 N–H and O–H groups in total. The topological polar surface area (TPSA) is 99.2 Å². The molecule has 4 rings (SSSR count). The molecule has 1 saturated heterocycles. The second-order valence-corrected chi connectivity index (χ2v) is 5.62. The monoisotopic (exact) mass is 340 g/mol. The average Bonchev–Trinajstić information content (AvgIpc) is 3.31. The molecule has 0 spiro atoms. The van der Waals surface area contributed by atoms with E-state index in [0.29, 0.717) is 49.5 Å². The number of morpholine rings is 1. The van der Waals surface area contributed by atoms with Gasteiger partial charge in [-0.1, -0.05) is 5.16 Å². The van der Waals surface area contributed by atoms with Gasteiger partial charge >= 0.3 is 0 Å². The predicted octanol–water partition coefficient (Wildman–Crippen LogP) is 1.10. The maximum absolute atomic E-state index is 12.5. The predicted molar refractivity (Wildman–Crippen MR) is 86.1 cm³/mol. The zero-order valence-electron chi connectivity index (χ0n) is 13.6. The fraction of sp³-hybridized carbons (Fsp3) is 0.312. The summed E-state index contributed by atoms with van der Waals surface area (Å²) in [4.78, 5) is 27.0. The van der Waals surface area contributed by atoms with Gasteiger partial charge in [0, 0.05) is 31.0 Å². The molecule has 3 aromatic heterocycles. The van der Waals surface area contributed by atoms with Crippen molar-refractivity contribution in [2.45, 2.75) is 6.92 Å². The molecule has 1 aliphatic heterocycles. The Morgan fingerprint density at radius 3 is 2.84 bits per heavy atom. The Labute approximate surface area is 143 Å². The first-order chi connectivity index (χ1) is 12.2. The Morgan fingerprint density at radius 2 is 2.08 bits per heavy atom. The fourth-order valence-corrected chi connectivity index (χ4v) is 2.59. The lowest BCUT2D eigenvalue weighted by Gasteiger charge is -2.25. The van der Waals surface area contributed by atoms with Gasteiger partial charge in [-0.15, -0.1) is 0 Å². The van der Waals surface area contributed by atoms with E-state index in [4.69, 9.17) is 9.26 Å². The number of aryl methyl sites for hydroxylation is 1. The molecule has 0 unspecified atom stereocenters. The van der Waals surface area contributed by atoms with Crippen LogP contribution in [0.25, 0.3) is 17.3 Å². The van der Waals surface area contributed by atoms with E-state index in [-0.39, 0.29) is 5.91 Å². The number of carbonyl (C=O) groups is 1. The van der Waals surface area contributed by atoms with Crippen molar-refractivity contribution < 1.29 is 14.1 Å². The minimum absolute atomic E-state index is 0.106. The molecular formula is C16H16N6O3. The lowest BCUT2D eigenvalue weighted by molar-refractivity contribution is 0.0299. The number of amides is 1. The highest BCUT2D eigenvalue weighted by molar-refractivity contribution is 5.92. The van der Waals surface area contributed by atoms with Crippen molar-refractivity contribution in [1.29, 1.82) is 0 Å². The van der Waals surface area contributed by atoms with Crippen LogP contribution in [0, 0.1) is 6.92 Å². The van der Waals surface area contributed by atoms with Gasteiger partial charge in [0.05, 0.1) is 13.2 Å². The van der Waals surface area contributed by atoms with Crippen LogP contribution in [0.2, 0.25) is 0 Å². The first kappa shape index (κ1) is 15.5. The average molecular weight is 340 g/mol. The third-order valence-corrected chi connectivity index (χ3v) is 3.88. The molecule has 0 bridgehead atoms. The van der Waals surface area contributed by atoms with E-state index in [0.717, 1.165) is 5.56 Å². The van der Waals surface area contributed by atoms with Gasteiger partial charge in [0.25, 0.3) is 11.8 Å². The summed E-state index contributed by atoms with van der Waals surface area (Å²) in [5.41, 5.74) is 1.13. The lowest BCUT2D eigenvalue weighted by Crippen LogP contribution is -2.40. The molecule has 3 aromatic rings. The van der Waals surface area contributed by atoms with Crippen LogP contribution in [0.3, 0.4) is 0 Å². The fourth-order valence-electron chi connectivity index (χ4n) is 2.59. The third kappa shape index (κ3) is 3.13. The smallest absolute Gasteiger partial charge is 0.274 e. The van der Waals surface area contributed by atoms with Gasteiger partial charge < -0.3 is 14.2 Å². The van der Waals surface area contributed by atoms with Crippen molar-refractivity contribution in [2.75, 3.05) is 26.3 Å². The second kappa shape index (κ2) is 6.44. The van der Waals surface area contributed by atoms with E-state index >= 15 is 0 Å². The molecule has 1 aliphatic rings. The second-order valence-electron chi connectivity index (χ2n) is 5.62. The third-order valence-electron chi connectivity index (χ3n) is 3.88. The molecule has 0 saturated carbocycles. The summed E-state index contributed by atoms with van der Waals surface area (Å²) in [5, 5.41) is 3.79. The molecule has 9 nitrogen and oxygen atoms in total. The van der Waals surface area contributed by atoms with Crippen LogP contribution in [-0.2, 0) is 4.74 Å². The number of nitrogens with zero attached hydrogens (tertiary/aromatic N) is 6. The van der Waals surface area contributed by atoms with Crippen molar-refractivity contribution in [3.05, 3.63) is 42.4 Å². The van der Waals surface area contributed by atoms with Crippen molar-refractivity contribution >= 4 is 5.91 Å². The molecule has 25 heavy (non-hydrogen) atoms. The van der Waals surface area contributed by atoms with E-state index < -0.39 is 0 Å². The zero-order chi connectivity index (χ0) is 17.2. The number of hydrogen-bond donors (Lipinski definition) is 0. The summed E-state index contributed by atoms with van der Waals surface area (Å²) in [6.07, 6.45) is 4.88. The summed E-state index contributed by atoms with van der Waals surface area (Å²) in [6, 6.07) is 3.59. The van der Waals surface area contributed by atoms with Crippen molar-refractivity contribution in [3.63, 3.8) is 0 Å². The molecule has 1 amide bonds. The minimum atomic E-state index is -0.106. The molecule has 0 aromatic carbocycles. The molecule has 0 aliphatic carbocycles. The van der Waals surface area contributed by atoms with E-state index in [1.807, 2.05) is 0 Å². The van der Waals surface area contributed by atoms with Crippen LogP contribution < -0.4 is 0 Å². The van der Waals surface area contributed by atoms with Gasteiger partial charge in [0.2, 0.25) is 0 Å². The zero-order valence-corrected chi connectivity index (χ0v) is 13.6. The number of rotatable bonds is 3. The SMILES string of the molecule is Cc1noc(-c2ccnc(-n3cnc(C(=O)N4CCOCC4)c3)c2)n1. The van der Waals surface area contributed by atoms with Gasteiger partial charge in [-0.05, 0) is 19.1 Å². The highest BCUT2D eigenvalue weighted by Crippen LogP contribution is 2.19. The number of imidazole rings is 1. The standard InChI is InChI=1S/C16H16N6O3/c1-11-19-15(25-20-11)12-2-3-17-14(8-12)22-9-13(18-10-22)16(23)21-4-6-24-7-5-21/h2-3,8-10H,4-7H2,1H3. The summed E-state index contributed by atoms with van der Waals surface area (Å²) < 4.78 is 12.1. The molecule has 0 atom stereocenters. The number of hydrogen-bond acceptors (Lipinski definition) is 7. The Balaban J connectivity index is 1.58. The number of carbonyl (C=O) groups excluding carboxylic acids is 1. The normalized spacial score (nSPS) is 14.7. The van der Waals surface area contributed by atoms with Crippen molar-refractivity contribution in [1.82, 2.24) is 29.6 Å². The van der Waals surface area contributed by atoms with Crippen LogP contribution in [0.5, 0.6) is 0 Å². The molecule has 4 heterocycles. The largest absolute Gasteiger partial charge is 0.378 e. The van der Waals surface area contributed by atoms with Crippen LogP contribution in [0.1, 0.15) is 16.3 Å². The maximum atomic E-state index is 12.5. The van der Waals surface area contributed by atoms with E-state index in [1.54, 1.807) is 47.2 Å². The Bertz CT molecular complexity index is 897. The first-order valence-corrected chi connectivity index (χ1v) is 7.89. The van der Waals surface area contributed by atoms with Crippen LogP contribution in [-0.4, -0.2) is 61.8 Å². The highest BCUT2D eigenvalue weighted by atomic mass is 16.5. The van der Waals surface area contributed by atoms with Crippen molar-refractivity contribution in [3.8, 4) is 17.3 Å². The number of pyridine rings is 1. The summed E-state index contributed by atoms with van der Waals surface area (Å²) in [5.74, 6) is 1.49. The van der Waals surface area contributed by atoms with E-state index in [9.17, 15) is 4.79 Å². The Kier molecular flexibility index (Phi) is 3.98. The summed E-state index contributed by atoms with van der Waals surface area (Å²) in [6.45, 7) is 4.03. The van der Waals surface area contributed by atoms with Gasteiger partial charge in [-0.3, -0.25) is 9.36 Å². The van der Waals surface area contributed by atoms with Crippen LogP contribution >= 0.6 is 0 Å². The van der Waals surface area contributed by atoms with Gasteiger partial charge in [0.1, 0.15) is 17.8 Å². The van der Waals surface area contributed by atoms with Crippen molar-refractivity contribution in [2.24, 2.45) is 0 Å². The molecular weight excluding hydrogens is 324 g/mol. The minimum Gasteiger partial charge on any atom is -0.378 e. The van der Waals surface area contributed by atoms with E-state index in [1.165, 1.54) is 0 Å². The first-order valence-electron chi connectivity index (χ1n) is 7.89. The maximum Gasteiger partial charge on any atom is 0.274 e. The lowest BCUT2D eigenvalue weighted by atomic mass is 10.2. The molecule has 9 heteroatoms. The Morgan fingerprint density at radius 1 is 1.24 bits per heavy atom. The summed E-state index contributed by atoms with van der Waals surface area (Å²) >= 11 is 0. The highest BCUT2D eigenvalue weighted by Gasteiger charge is 2.21. The van der Waals surface area contributed by atoms with Gasteiger partial charge in [-0.2, -0.15) is 4.98 Å².